The van der Waals surface area contributed by atoms with Crippen LogP contribution >= 0.6 is 27.3 Å². The molecule has 1 saturated carbocycles. The van der Waals surface area contributed by atoms with E-state index in [4.69, 9.17) is 0 Å². The minimum Gasteiger partial charge on any atom is -0.340 e. The van der Waals surface area contributed by atoms with Gasteiger partial charge in [0.25, 0.3) is 10.0 Å². The third kappa shape index (κ3) is 3.36. The van der Waals surface area contributed by atoms with E-state index < -0.39 is 10.0 Å². The molecular weight excluding hydrogens is 400 g/mol. The number of amides is 1. The maximum Gasteiger partial charge on any atom is 0.252 e. The molecule has 0 spiro atoms. The molecule has 2 heterocycles. The molecule has 8 heteroatoms. The van der Waals surface area contributed by atoms with Crippen LogP contribution in [0.15, 0.2) is 20.1 Å². The fourth-order valence-electron chi connectivity index (χ4n) is 3.45. The van der Waals surface area contributed by atoms with Gasteiger partial charge < -0.3 is 4.90 Å². The number of piperazine rings is 1. The predicted octanol–water partition coefficient (Wildman–Crippen LogP) is 2.92. The van der Waals surface area contributed by atoms with Crippen molar-refractivity contribution in [3.05, 3.63) is 15.9 Å². The summed E-state index contributed by atoms with van der Waals surface area (Å²) in [5.41, 5.74) is -0.236. The van der Waals surface area contributed by atoms with Gasteiger partial charge in [-0.3, -0.25) is 4.79 Å². The molecule has 2 fully saturated rings. The van der Waals surface area contributed by atoms with Crippen molar-refractivity contribution in [2.24, 2.45) is 5.41 Å². The number of hydrogen-bond acceptors (Lipinski definition) is 4. The number of hydrogen-bond donors (Lipinski definition) is 0. The molecule has 3 rings (SSSR count). The molecular formula is C15H21BrN2O3S2. The van der Waals surface area contributed by atoms with Crippen LogP contribution < -0.4 is 0 Å². The lowest BCUT2D eigenvalue weighted by Crippen LogP contribution is -2.53. The Hall–Kier alpha value is -0.440. The SMILES string of the molecule is CC1(C(=O)N2CCN(S(=O)(=O)c3ccc(Br)s3)CC2)CCCC1. The number of carbonyl (C=O) groups is 1. The van der Waals surface area contributed by atoms with Crippen molar-refractivity contribution in [1.29, 1.82) is 0 Å². The summed E-state index contributed by atoms with van der Waals surface area (Å²) in [6, 6.07) is 3.37. The topological polar surface area (TPSA) is 57.7 Å². The molecule has 0 unspecified atom stereocenters. The summed E-state index contributed by atoms with van der Waals surface area (Å²) in [7, 11) is -3.44. The highest BCUT2D eigenvalue weighted by Gasteiger charge is 2.41. The van der Waals surface area contributed by atoms with Gasteiger partial charge >= 0.3 is 0 Å². The Bertz CT molecular complexity index is 687. The lowest BCUT2D eigenvalue weighted by atomic mass is 9.87. The summed E-state index contributed by atoms with van der Waals surface area (Å²) in [4.78, 5) is 14.6. The largest absolute Gasteiger partial charge is 0.340 e. The number of nitrogens with zero attached hydrogens (tertiary/aromatic N) is 2. The van der Waals surface area contributed by atoms with E-state index in [1.54, 1.807) is 12.1 Å². The average molecular weight is 421 g/mol. The molecule has 1 aromatic heterocycles. The zero-order valence-corrected chi connectivity index (χ0v) is 16.3. The molecule has 0 N–H and O–H groups in total. The highest BCUT2D eigenvalue weighted by atomic mass is 79.9. The van der Waals surface area contributed by atoms with Crippen LogP contribution in [0.25, 0.3) is 0 Å². The standard InChI is InChI=1S/C15H21BrN2O3S2/c1-15(6-2-3-7-15)14(19)17-8-10-18(11-9-17)23(20,21)13-5-4-12(16)22-13/h4-5H,2-3,6-11H2,1H3. The van der Waals surface area contributed by atoms with Crippen LogP contribution in [0.5, 0.6) is 0 Å². The molecule has 1 aliphatic heterocycles. The van der Waals surface area contributed by atoms with Gasteiger partial charge in [0.2, 0.25) is 5.91 Å². The first kappa shape index (κ1) is 17.4. The fraction of sp³-hybridized carbons (Fsp3) is 0.667. The van der Waals surface area contributed by atoms with E-state index in [0.29, 0.717) is 30.4 Å². The molecule has 0 aromatic carbocycles. The number of rotatable bonds is 3. The van der Waals surface area contributed by atoms with E-state index in [9.17, 15) is 13.2 Å². The normalized spacial score (nSPS) is 22.4. The van der Waals surface area contributed by atoms with Crippen molar-refractivity contribution < 1.29 is 13.2 Å². The Kier molecular flexibility index (Phi) is 4.88. The molecule has 0 radical (unpaired) electrons. The van der Waals surface area contributed by atoms with Gasteiger partial charge in [-0.25, -0.2) is 8.42 Å². The Balaban J connectivity index is 1.65. The van der Waals surface area contributed by atoms with E-state index in [2.05, 4.69) is 22.9 Å². The molecule has 5 nitrogen and oxygen atoms in total. The van der Waals surface area contributed by atoms with Crippen LogP contribution in [0.3, 0.4) is 0 Å². The van der Waals surface area contributed by atoms with Gasteiger partial charge in [-0.1, -0.05) is 19.8 Å². The van der Waals surface area contributed by atoms with Crippen molar-refractivity contribution in [3.63, 3.8) is 0 Å². The van der Waals surface area contributed by atoms with Crippen molar-refractivity contribution in [3.8, 4) is 0 Å². The average Bonchev–Trinajstić information content (AvgIpc) is 3.16. The minimum absolute atomic E-state index is 0.200. The lowest BCUT2D eigenvalue weighted by Gasteiger charge is -2.37. The van der Waals surface area contributed by atoms with E-state index in [1.807, 2.05) is 4.90 Å². The molecule has 0 bridgehead atoms. The van der Waals surface area contributed by atoms with Crippen LogP contribution in [0.2, 0.25) is 0 Å². The van der Waals surface area contributed by atoms with Gasteiger partial charge in [-0.05, 0) is 40.9 Å². The minimum atomic E-state index is -3.44. The van der Waals surface area contributed by atoms with E-state index in [-0.39, 0.29) is 11.3 Å². The molecule has 1 aromatic rings. The van der Waals surface area contributed by atoms with Crippen LogP contribution in [0.4, 0.5) is 0 Å². The van der Waals surface area contributed by atoms with E-state index in [1.165, 1.54) is 15.6 Å². The zero-order valence-electron chi connectivity index (χ0n) is 13.1. The van der Waals surface area contributed by atoms with E-state index in [0.717, 1.165) is 29.5 Å². The van der Waals surface area contributed by atoms with Crippen LogP contribution in [0.1, 0.15) is 32.6 Å². The molecule has 128 valence electrons. The van der Waals surface area contributed by atoms with E-state index >= 15 is 0 Å². The first-order valence-electron chi connectivity index (χ1n) is 7.88. The molecule has 1 saturated heterocycles. The van der Waals surface area contributed by atoms with Gasteiger partial charge in [-0.15, -0.1) is 11.3 Å². The Morgan fingerprint density at radius 2 is 1.78 bits per heavy atom. The Labute approximate surface area is 149 Å². The monoisotopic (exact) mass is 420 g/mol. The maximum atomic E-state index is 12.7. The summed E-state index contributed by atoms with van der Waals surface area (Å²) in [6.07, 6.45) is 4.13. The quantitative estimate of drug-likeness (QED) is 0.754. The second kappa shape index (κ2) is 6.46. The van der Waals surface area contributed by atoms with Gasteiger partial charge in [0.05, 0.1) is 3.79 Å². The summed E-state index contributed by atoms with van der Waals surface area (Å²) in [5, 5.41) is 0. The predicted molar refractivity (Wildman–Crippen MR) is 93.9 cm³/mol. The summed E-state index contributed by atoms with van der Waals surface area (Å²) < 4.78 is 27.9. The number of halogens is 1. The van der Waals surface area contributed by atoms with Crippen molar-refractivity contribution in [1.82, 2.24) is 9.21 Å². The zero-order chi connectivity index (χ0) is 16.7. The van der Waals surface area contributed by atoms with Crippen molar-refractivity contribution >= 4 is 43.2 Å². The lowest BCUT2D eigenvalue weighted by molar-refractivity contribution is -0.142. The van der Waals surface area contributed by atoms with Crippen LogP contribution in [-0.2, 0) is 14.8 Å². The van der Waals surface area contributed by atoms with Gasteiger partial charge in [0.15, 0.2) is 0 Å². The van der Waals surface area contributed by atoms with Gasteiger partial charge in [-0.2, -0.15) is 4.31 Å². The van der Waals surface area contributed by atoms with Crippen molar-refractivity contribution in [2.75, 3.05) is 26.2 Å². The van der Waals surface area contributed by atoms with Gasteiger partial charge in [0.1, 0.15) is 4.21 Å². The summed E-state index contributed by atoms with van der Waals surface area (Å²) in [5.74, 6) is 0.200. The second-order valence-electron chi connectivity index (χ2n) is 6.52. The molecule has 1 amide bonds. The third-order valence-corrected chi connectivity index (χ3v) is 8.88. The molecule has 23 heavy (non-hydrogen) atoms. The first-order valence-corrected chi connectivity index (χ1v) is 10.9. The summed E-state index contributed by atoms with van der Waals surface area (Å²) >= 11 is 4.53. The number of sulfonamides is 1. The van der Waals surface area contributed by atoms with Crippen molar-refractivity contribution in [2.45, 2.75) is 36.8 Å². The maximum absolute atomic E-state index is 12.7. The molecule has 1 aliphatic carbocycles. The molecule has 0 atom stereocenters. The van der Waals surface area contributed by atoms with Crippen LogP contribution in [0, 0.1) is 5.41 Å². The second-order valence-corrected chi connectivity index (χ2v) is 11.2. The highest BCUT2D eigenvalue weighted by molar-refractivity contribution is 9.11. The number of carbonyl (C=O) groups excluding carboxylic acids is 1. The van der Waals surface area contributed by atoms with Crippen LogP contribution in [-0.4, -0.2) is 49.7 Å². The first-order chi connectivity index (χ1) is 10.8. The number of thiophene rings is 1. The van der Waals surface area contributed by atoms with Gasteiger partial charge in [0, 0.05) is 31.6 Å². The summed E-state index contributed by atoms with van der Waals surface area (Å²) in [6.45, 7) is 3.77. The highest BCUT2D eigenvalue weighted by Crippen LogP contribution is 2.39. The smallest absolute Gasteiger partial charge is 0.252 e. The Morgan fingerprint density at radius 1 is 1.17 bits per heavy atom. The fourth-order valence-corrected chi connectivity index (χ4v) is 7.03. The molecule has 2 aliphatic rings. The Morgan fingerprint density at radius 3 is 2.30 bits per heavy atom. The third-order valence-electron chi connectivity index (χ3n) is 4.89.